The SMILES string of the molecule is CCCO[SiH](OCCC)c1cc2ccc3cccc4ccc(c1)c2c34. The van der Waals surface area contributed by atoms with Gasteiger partial charge in [-0.1, -0.05) is 68.4 Å². The van der Waals surface area contributed by atoms with Crippen LogP contribution in [0.3, 0.4) is 0 Å². The molecule has 3 heteroatoms. The molecule has 4 aromatic rings. The Morgan fingerprint density at radius 2 is 1.16 bits per heavy atom. The summed E-state index contributed by atoms with van der Waals surface area (Å²) >= 11 is 0. The van der Waals surface area contributed by atoms with Crippen molar-refractivity contribution >= 4 is 46.8 Å². The van der Waals surface area contributed by atoms with Crippen molar-refractivity contribution in [3.63, 3.8) is 0 Å². The van der Waals surface area contributed by atoms with Gasteiger partial charge in [0.1, 0.15) is 0 Å². The fourth-order valence-electron chi connectivity index (χ4n) is 3.60. The Morgan fingerprint density at radius 3 is 1.68 bits per heavy atom. The number of hydrogen-bond acceptors (Lipinski definition) is 2. The average Bonchev–Trinajstić information content (AvgIpc) is 2.66. The predicted molar refractivity (Wildman–Crippen MR) is 109 cm³/mol. The lowest BCUT2D eigenvalue weighted by Gasteiger charge is -2.18. The third kappa shape index (κ3) is 3.04. The van der Waals surface area contributed by atoms with Crippen LogP contribution in [0.5, 0.6) is 0 Å². The number of benzene rings is 4. The summed E-state index contributed by atoms with van der Waals surface area (Å²) in [5, 5.41) is 9.16. The van der Waals surface area contributed by atoms with Gasteiger partial charge in [-0.2, -0.15) is 0 Å². The lowest BCUT2D eigenvalue weighted by molar-refractivity contribution is 0.207. The number of hydrogen-bond donors (Lipinski definition) is 0. The van der Waals surface area contributed by atoms with Crippen LogP contribution in [0.1, 0.15) is 26.7 Å². The fraction of sp³-hybridized carbons (Fsp3) is 0.273. The van der Waals surface area contributed by atoms with Gasteiger partial charge < -0.3 is 8.85 Å². The first-order valence-corrected chi connectivity index (χ1v) is 10.7. The highest BCUT2D eigenvalue weighted by atomic mass is 28.3. The minimum absolute atomic E-state index is 0.770. The molecule has 0 atom stereocenters. The van der Waals surface area contributed by atoms with Gasteiger partial charge in [-0.3, -0.25) is 0 Å². The van der Waals surface area contributed by atoms with Crippen molar-refractivity contribution in [3.05, 3.63) is 54.6 Å². The van der Waals surface area contributed by atoms with E-state index in [4.69, 9.17) is 8.85 Å². The van der Waals surface area contributed by atoms with Crippen LogP contribution in [-0.4, -0.2) is 22.5 Å². The van der Waals surface area contributed by atoms with Gasteiger partial charge in [0.2, 0.25) is 0 Å². The van der Waals surface area contributed by atoms with E-state index in [1.165, 1.54) is 37.5 Å². The first-order valence-electron chi connectivity index (χ1n) is 9.22. The summed E-state index contributed by atoms with van der Waals surface area (Å²) in [6.07, 6.45) is 2.04. The molecule has 0 amide bonds. The Morgan fingerprint density at radius 1 is 0.680 bits per heavy atom. The summed E-state index contributed by atoms with van der Waals surface area (Å²) in [7, 11) is -1.85. The number of rotatable bonds is 7. The lowest BCUT2D eigenvalue weighted by Crippen LogP contribution is -2.37. The smallest absolute Gasteiger partial charge is 0.355 e. The molecule has 0 fully saturated rings. The van der Waals surface area contributed by atoms with Crippen LogP contribution in [0.25, 0.3) is 32.3 Å². The van der Waals surface area contributed by atoms with Crippen LogP contribution >= 0.6 is 0 Å². The molecule has 4 aromatic carbocycles. The van der Waals surface area contributed by atoms with Crippen LogP contribution in [0.15, 0.2) is 54.6 Å². The molecule has 0 aliphatic rings. The normalized spacial score (nSPS) is 12.1. The average molecular weight is 349 g/mol. The van der Waals surface area contributed by atoms with E-state index >= 15 is 0 Å². The van der Waals surface area contributed by atoms with Crippen molar-refractivity contribution in [3.8, 4) is 0 Å². The second kappa shape index (κ2) is 7.12. The van der Waals surface area contributed by atoms with Gasteiger partial charge in [0.15, 0.2) is 0 Å². The van der Waals surface area contributed by atoms with Crippen molar-refractivity contribution in [1.82, 2.24) is 0 Å². The molecule has 4 rings (SSSR count). The maximum Gasteiger partial charge on any atom is 0.355 e. The van der Waals surface area contributed by atoms with Gasteiger partial charge >= 0.3 is 9.28 Å². The summed E-state index contributed by atoms with van der Waals surface area (Å²) < 4.78 is 12.2. The molecule has 128 valence electrons. The van der Waals surface area contributed by atoms with E-state index in [1.807, 2.05) is 0 Å². The molecule has 0 aromatic heterocycles. The predicted octanol–water partition coefficient (Wildman–Crippen LogP) is 4.86. The third-order valence-electron chi connectivity index (χ3n) is 4.70. The highest BCUT2D eigenvalue weighted by molar-refractivity contribution is 6.62. The van der Waals surface area contributed by atoms with E-state index < -0.39 is 9.28 Å². The zero-order chi connectivity index (χ0) is 17.2. The summed E-state index contributed by atoms with van der Waals surface area (Å²) in [5.41, 5.74) is 0. The van der Waals surface area contributed by atoms with Gasteiger partial charge in [-0.05, 0) is 50.3 Å². The molecule has 2 nitrogen and oxygen atoms in total. The van der Waals surface area contributed by atoms with Gasteiger partial charge in [-0.25, -0.2) is 0 Å². The minimum Gasteiger partial charge on any atom is -0.393 e. The van der Waals surface area contributed by atoms with E-state index in [9.17, 15) is 0 Å². The Balaban J connectivity index is 1.87. The largest absolute Gasteiger partial charge is 0.393 e. The molecular formula is C22H24O2Si. The van der Waals surface area contributed by atoms with Crippen LogP contribution < -0.4 is 5.19 Å². The Labute approximate surface area is 150 Å². The molecule has 0 aliphatic carbocycles. The minimum atomic E-state index is -1.85. The summed E-state index contributed by atoms with van der Waals surface area (Å²) in [5.74, 6) is 0. The molecule has 0 saturated carbocycles. The van der Waals surface area contributed by atoms with Crippen LogP contribution in [0.4, 0.5) is 0 Å². The van der Waals surface area contributed by atoms with Crippen molar-refractivity contribution < 1.29 is 8.85 Å². The third-order valence-corrected chi connectivity index (χ3v) is 6.66. The maximum atomic E-state index is 6.12. The topological polar surface area (TPSA) is 18.5 Å². The Hall–Kier alpha value is -1.94. The zero-order valence-electron chi connectivity index (χ0n) is 14.9. The van der Waals surface area contributed by atoms with Crippen molar-refractivity contribution in [2.24, 2.45) is 0 Å². The van der Waals surface area contributed by atoms with Crippen molar-refractivity contribution in [1.29, 1.82) is 0 Å². The van der Waals surface area contributed by atoms with E-state index in [2.05, 4.69) is 68.4 Å². The van der Waals surface area contributed by atoms with Gasteiger partial charge in [0.25, 0.3) is 0 Å². The van der Waals surface area contributed by atoms with Crippen LogP contribution in [0, 0.1) is 0 Å². The molecule has 0 N–H and O–H groups in total. The second-order valence-electron chi connectivity index (χ2n) is 6.63. The quantitative estimate of drug-likeness (QED) is 0.351. The molecule has 0 spiro atoms. The molecule has 25 heavy (non-hydrogen) atoms. The monoisotopic (exact) mass is 348 g/mol. The first kappa shape index (κ1) is 16.5. The summed E-state index contributed by atoms with van der Waals surface area (Å²) in [6, 6.07) is 20.0. The molecule has 0 radical (unpaired) electrons. The molecular weight excluding hydrogens is 324 g/mol. The van der Waals surface area contributed by atoms with Crippen molar-refractivity contribution in [2.75, 3.05) is 13.2 Å². The summed E-state index contributed by atoms with van der Waals surface area (Å²) in [6.45, 7) is 5.83. The van der Waals surface area contributed by atoms with E-state index in [1.54, 1.807) is 0 Å². The van der Waals surface area contributed by atoms with Gasteiger partial charge in [0, 0.05) is 13.2 Å². The maximum absolute atomic E-state index is 6.12. The molecule has 0 heterocycles. The highest BCUT2D eigenvalue weighted by Gasteiger charge is 2.19. The van der Waals surface area contributed by atoms with Gasteiger partial charge in [-0.15, -0.1) is 0 Å². The van der Waals surface area contributed by atoms with E-state index in [0.29, 0.717) is 0 Å². The molecule has 0 saturated heterocycles. The molecule has 0 bridgehead atoms. The van der Waals surface area contributed by atoms with Gasteiger partial charge in [0.05, 0.1) is 0 Å². The molecule has 0 aliphatic heterocycles. The van der Waals surface area contributed by atoms with E-state index in [-0.39, 0.29) is 0 Å². The zero-order valence-corrected chi connectivity index (χ0v) is 16.1. The Bertz CT molecular complexity index is 923. The lowest BCUT2D eigenvalue weighted by atomic mass is 9.94. The standard InChI is InChI=1S/C22H24O2Si/c1-3-12-23-25(24-13-4-2)20-14-18-10-8-16-6-5-7-17-9-11-19(15-20)22(18)21(16)17/h5-11,14-15,25H,3-4,12-13H2,1-2H3. The van der Waals surface area contributed by atoms with Crippen LogP contribution in [0.2, 0.25) is 0 Å². The highest BCUT2D eigenvalue weighted by Crippen LogP contribution is 2.33. The Kier molecular flexibility index (Phi) is 4.71. The van der Waals surface area contributed by atoms with Crippen LogP contribution in [-0.2, 0) is 8.85 Å². The fourth-order valence-corrected chi connectivity index (χ4v) is 5.62. The van der Waals surface area contributed by atoms with Crippen molar-refractivity contribution in [2.45, 2.75) is 26.7 Å². The first-order chi connectivity index (χ1) is 12.3. The molecule has 0 unspecified atom stereocenters. The van der Waals surface area contributed by atoms with E-state index in [0.717, 1.165) is 26.1 Å². The summed E-state index contributed by atoms with van der Waals surface area (Å²) in [4.78, 5) is 0. The second-order valence-corrected chi connectivity index (χ2v) is 8.62.